The zero-order chi connectivity index (χ0) is 18.4. The SMILES string of the molecule is Cc1ccc2nc3c(cc(C#N)c(=O)n3-c3ccccc3C)c(=O)n2c1. The maximum Gasteiger partial charge on any atom is 0.274 e. The summed E-state index contributed by atoms with van der Waals surface area (Å²) in [5.41, 5.74) is 2.16. The molecular formula is C20H14N4O2. The Hall–Kier alpha value is -3.72. The molecule has 0 N–H and O–H groups in total. The average Bonchev–Trinajstić information content (AvgIpc) is 2.63. The highest BCUT2D eigenvalue weighted by Crippen LogP contribution is 2.18. The Labute approximate surface area is 148 Å². The molecular weight excluding hydrogens is 328 g/mol. The summed E-state index contributed by atoms with van der Waals surface area (Å²) in [6, 6.07) is 14.1. The molecule has 0 fully saturated rings. The van der Waals surface area contributed by atoms with E-state index in [1.54, 1.807) is 24.4 Å². The van der Waals surface area contributed by atoms with Gasteiger partial charge >= 0.3 is 0 Å². The van der Waals surface area contributed by atoms with E-state index in [9.17, 15) is 14.9 Å². The van der Waals surface area contributed by atoms with Crippen molar-refractivity contribution in [3.63, 3.8) is 0 Å². The highest BCUT2D eigenvalue weighted by atomic mass is 16.1. The van der Waals surface area contributed by atoms with Crippen LogP contribution in [0.4, 0.5) is 0 Å². The minimum Gasteiger partial charge on any atom is -0.268 e. The molecule has 4 rings (SSSR count). The lowest BCUT2D eigenvalue weighted by Crippen LogP contribution is -2.26. The Morgan fingerprint density at radius 3 is 2.54 bits per heavy atom. The van der Waals surface area contributed by atoms with Crippen molar-refractivity contribution in [2.75, 3.05) is 0 Å². The largest absolute Gasteiger partial charge is 0.274 e. The van der Waals surface area contributed by atoms with Crippen molar-refractivity contribution in [2.45, 2.75) is 13.8 Å². The molecule has 0 aliphatic heterocycles. The third kappa shape index (κ3) is 2.22. The number of rotatable bonds is 1. The number of para-hydroxylation sites is 1. The van der Waals surface area contributed by atoms with Gasteiger partial charge in [-0.15, -0.1) is 0 Å². The molecule has 0 unspecified atom stereocenters. The Kier molecular flexibility index (Phi) is 3.44. The third-order valence-corrected chi connectivity index (χ3v) is 4.40. The summed E-state index contributed by atoms with van der Waals surface area (Å²) in [4.78, 5) is 30.4. The second-order valence-corrected chi connectivity index (χ2v) is 6.19. The molecule has 0 aliphatic rings. The van der Waals surface area contributed by atoms with Gasteiger partial charge in [-0.05, 0) is 43.2 Å². The van der Waals surface area contributed by atoms with Gasteiger partial charge in [0.25, 0.3) is 11.1 Å². The highest BCUT2D eigenvalue weighted by molar-refractivity contribution is 5.79. The van der Waals surface area contributed by atoms with E-state index in [0.29, 0.717) is 11.3 Å². The van der Waals surface area contributed by atoms with Crippen LogP contribution in [0.2, 0.25) is 0 Å². The molecule has 0 amide bonds. The second-order valence-electron chi connectivity index (χ2n) is 6.19. The maximum atomic E-state index is 13.0. The smallest absolute Gasteiger partial charge is 0.268 e. The van der Waals surface area contributed by atoms with Crippen molar-refractivity contribution in [3.05, 3.63) is 86.1 Å². The molecule has 3 aromatic heterocycles. The van der Waals surface area contributed by atoms with Gasteiger partial charge in [0.05, 0.1) is 11.1 Å². The lowest BCUT2D eigenvalue weighted by atomic mass is 10.1. The van der Waals surface area contributed by atoms with Crippen molar-refractivity contribution in [2.24, 2.45) is 0 Å². The normalized spacial score (nSPS) is 11.0. The number of hydrogen-bond donors (Lipinski definition) is 0. The van der Waals surface area contributed by atoms with E-state index in [0.717, 1.165) is 11.1 Å². The highest BCUT2D eigenvalue weighted by Gasteiger charge is 2.17. The summed E-state index contributed by atoms with van der Waals surface area (Å²) < 4.78 is 2.79. The number of aromatic nitrogens is 3. The van der Waals surface area contributed by atoms with E-state index in [2.05, 4.69) is 4.98 Å². The molecule has 126 valence electrons. The molecule has 4 aromatic rings. The van der Waals surface area contributed by atoms with E-state index in [1.165, 1.54) is 15.0 Å². The van der Waals surface area contributed by atoms with Crippen molar-refractivity contribution in [1.82, 2.24) is 14.0 Å². The van der Waals surface area contributed by atoms with Crippen molar-refractivity contribution in [1.29, 1.82) is 5.26 Å². The van der Waals surface area contributed by atoms with Gasteiger partial charge < -0.3 is 0 Å². The number of benzene rings is 1. The fourth-order valence-electron chi connectivity index (χ4n) is 3.08. The van der Waals surface area contributed by atoms with Crippen LogP contribution >= 0.6 is 0 Å². The van der Waals surface area contributed by atoms with Crippen molar-refractivity contribution in [3.8, 4) is 11.8 Å². The van der Waals surface area contributed by atoms with Gasteiger partial charge in [0, 0.05) is 6.20 Å². The quantitative estimate of drug-likeness (QED) is 0.498. The van der Waals surface area contributed by atoms with E-state index < -0.39 is 5.56 Å². The number of nitrogens with zero attached hydrogens (tertiary/aromatic N) is 4. The zero-order valence-electron chi connectivity index (χ0n) is 14.2. The lowest BCUT2D eigenvalue weighted by molar-refractivity contribution is 0.972. The van der Waals surface area contributed by atoms with Crippen LogP contribution in [0.25, 0.3) is 22.4 Å². The average molecular weight is 342 g/mol. The molecule has 0 radical (unpaired) electrons. The Morgan fingerprint density at radius 1 is 1.04 bits per heavy atom. The number of aryl methyl sites for hydroxylation is 2. The fourth-order valence-corrected chi connectivity index (χ4v) is 3.08. The molecule has 26 heavy (non-hydrogen) atoms. The molecule has 1 aromatic carbocycles. The van der Waals surface area contributed by atoms with Gasteiger partial charge in [-0.3, -0.25) is 18.6 Å². The summed E-state index contributed by atoms with van der Waals surface area (Å²) in [5, 5.41) is 9.60. The summed E-state index contributed by atoms with van der Waals surface area (Å²) >= 11 is 0. The lowest BCUT2D eigenvalue weighted by Gasteiger charge is -2.13. The minimum absolute atomic E-state index is 0.0905. The van der Waals surface area contributed by atoms with Gasteiger partial charge in [-0.2, -0.15) is 5.26 Å². The first-order valence-corrected chi connectivity index (χ1v) is 8.06. The monoisotopic (exact) mass is 342 g/mol. The molecule has 0 aliphatic carbocycles. The number of hydrogen-bond acceptors (Lipinski definition) is 4. The van der Waals surface area contributed by atoms with Crippen LogP contribution in [-0.4, -0.2) is 14.0 Å². The maximum absolute atomic E-state index is 13.0. The van der Waals surface area contributed by atoms with Crippen LogP contribution in [0, 0.1) is 25.2 Å². The minimum atomic E-state index is -0.488. The van der Waals surface area contributed by atoms with Gasteiger partial charge in [0.15, 0.2) is 5.65 Å². The number of nitriles is 1. The van der Waals surface area contributed by atoms with Gasteiger partial charge in [0.2, 0.25) is 0 Å². The first-order valence-electron chi connectivity index (χ1n) is 8.06. The summed E-state index contributed by atoms with van der Waals surface area (Å²) in [6.45, 7) is 3.74. The molecule has 6 heteroatoms. The summed E-state index contributed by atoms with van der Waals surface area (Å²) in [5.74, 6) is 0. The predicted molar refractivity (Wildman–Crippen MR) is 98.8 cm³/mol. The summed E-state index contributed by atoms with van der Waals surface area (Å²) in [7, 11) is 0. The molecule has 0 saturated heterocycles. The Morgan fingerprint density at radius 2 is 1.81 bits per heavy atom. The number of fused-ring (bicyclic) bond motifs is 2. The van der Waals surface area contributed by atoms with Crippen molar-refractivity contribution >= 4 is 16.7 Å². The standard InChI is InChI=1S/C20H14N4O2/c1-12-7-8-17-22-18-15(20(26)23(17)11-12)9-14(10-21)19(25)24(18)16-6-4-3-5-13(16)2/h3-9,11H,1-2H3. The third-order valence-electron chi connectivity index (χ3n) is 4.40. The van der Waals surface area contributed by atoms with Gasteiger partial charge in [-0.1, -0.05) is 24.3 Å². The first-order chi connectivity index (χ1) is 12.5. The molecule has 0 spiro atoms. The van der Waals surface area contributed by atoms with Crippen LogP contribution in [-0.2, 0) is 0 Å². The fraction of sp³-hybridized carbons (Fsp3) is 0.100. The Balaban J connectivity index is 2.30. The van der Waals surface area contributed by atoms with Crippen LogP contribution in [0.5, 0.6) is 0 Å². The molecule has 0 bridgehead atoms. The first kappa shape index (κ1) is 15.8. The van der Waals surface area contributed by atoms with Crippen molar-refractivity contribution < 1.29 is 0 Å². The van der Waals surface area contributed by atoms with E-state index in [-0.39, 0.29) is 22.2 Å². The van der Waals surface area contributed by atoms with E-state index in [1.807, 2.05) is 38.1 Å². The second kappa shape index (κ2) is 5.67. The summed E-state index contributed by atoms with van der Waals surface area (Å²) in [6.07, 6.45) is 1.69. The van der Waals surface area contributed by atoms with Gasteiger partial charge in [0.1, 0.15) is 17.3 Å². The van der Waals surface area contributed by atoms with Crippen LogP contribution < -0.4 is 11.1 Å². The molecule has 0 saturated carbocycles. The Bertz CT molecular complexity index is 1360. The molecule has 3 heterocycles. The van der Waals surface area contributed by atoms with Crippen LogP contribution in [0.15, 0.2) is 58.3 Å². The van der Waals surface area contributed by atoms with Crippen LogP contribution in [0.1, 0.15) is 16.7 Å². The van der Waals surface area contributed by atoms with Crippen LogP contribution in [0.3, 0.4) is 0 Å². The van der Waals surface area contributed by atoms with E-state index in [4.69, 9.17) is 0 Å². The molecule has 6 nitrogen and oxygen atoms in total. The predicted octanol–water partition coefficient (Wildman–Crippen LogP) is 2.49. The zero-order valence-corrected chi connectivity index (χ0v) is 14.2. The number of pyridine rings is 2. The van der Waals surface area contributed by atoms with Gasteiger partial charge in [-0.25, -0.2) is 4.98 Å². The molecule has 0 atom stereocenters. The topological polar surface area (TPSA) is 80.2 Å². The van der Waals surface area contributed by atoms with E-state index >= 15 is 0 Å².